The van der Waals surface area contributed by atoms with E-state index in [1.165, 1.54) is 43.5 Å². The van der Waals surface area contributed by atoms with Gasteiger partial charge in [0.1, 0.15) is 11.9 Å². The largest absolute Gasteiger partial charge is 0.398 e. The van der Waals surface area contributed by atoms with Crippen molar-refractivity contribution in [3.05, 3.63) is 84.3 Å². The number of carbonyl (C=O) groups is 2. The summed E-state index contributed by atoms with van der Waals surface area (Å²) in [5, 5.41) is 2.93. The molecule has 0 aliphatic rings. The number of hydrogen-bond donors (Lipinski definition) is 3. The molecule has 0 saturated carbocycles. The number of carbonyl (C=O) groups excluding carboxylic acids is 2. The van der Waals surface area contributed by atoms with Crippen molar-refractivity contribution in [1.82, 2.24) is 9.29 Å². The van der Waals surface area contributed by atoms with E-state index in [-0.39, 0.29) is 21.7 Å². The van der Waals surface area contributed by atoms with Crippen LogP contribution < -0.4 is 16.8 Å². The third-order valence-electron chi connectivity index (χ3n) is 5.37. The molecule has 0 saturated heterocycles. The quantitative estimate of drug-likeness (QED) is 0.365. The van der Waals surface area contributed by atoms with Gasteiger partial charge < -0.3 is 16.8 Å². The number of primary amides is 1. The van der Waals surface area contributed by atoms with Crippen molar-refractivity contribution in [3.63, 3.8) is 0 Å². The van der Waals surface area contributed by atoms with Gasteiger partial charge in [0, 0.05) is 35.3 Å². The summed E-state index contributed by atoms with van der Waals surface area (Å²) in [6.07, 6.45) is 1.39. The third kappa shape index (κ3) is 4.11. The van der Waals surface area contributed by atoms with Crippen molar-refractivity contribution in [3.8, 4) is 11.1 Å². The maximum absolute atomic E-state index is 14.1. The number of nitrogens with zero attached hydrogens (tertiary/aromatic N) is 1. The van der Waals surface area contributed by atoms with Crippen LogP contribution in [-0.2, 0) is 19.6 Å². The number of aromatic nitrogens is 1. The summed E-state index contributed by atoms with van der Waals surface area (Å²) in [5.74, 6) is -1.89. The Morgan fingerprint density at radius 3 is 2.38 bits per heavy atom. The van der Waals surface area contributed by atoms with Gasteiger partial charge in [-0.2, -0.15) is 0 Å². The van der Waals surface area contributed by atoms with Crippen LogP contribution in [0.25, 0.3) is 22.0 Å². The summed E-state index contributed by atoms with van der Waals surface area (Å²) in [7, 11) is -4.04. The molecule has 1 heterocycles. The maximum atomic E-state index is 14.1. The number of anilines is 1. The lowest BCUT2D eigenvalue weighted by Gasteiger charge is -2.18. The van der Waals surface area contributed by atoms with Crippen molar-refractivity contribution in [2.45, 2.75) is 17.9 Å². The number of fused-ring (bicyclic) bond motifs is 1. The number of nitrogens with two attached hydrogens (primary N) is 2. The predicted molar refractivity (Wildman–Crippen MR) is 127 cm³/mol. The van der Waals surface area contributed by atoms with Crippen molar-refractivity contribution < 1.29 is 22.4 Å². The molecule has 2 amide bonds. The van der Waals surface area contributed by atoms with Gasteiger partial charge >= 0.3 is 0 Å². The molecule has 5 N–H and O–H groups in total. The number of amides is 2. The highest BCUT2D eigenvalue weighted by Gasteiger charge is 2.25. The number of benzene rings is 3. The molecule has 0 bridgehead atoms. The fourth-order valence-electron chi connectivity index (χ4n) is 3.80. The molecular weight excluding hydrogens is 459 g/mol. The zero-order valence-corrected chi connectivity index (χ0v) is 18.8. The van der Waals surface area contributed by atoms with Crippen LogP contribution in [0.1, 0.15) is 18.5 Å². The van der Waals surface area contributed by atoms with Crippen molar-refractivity contribution in [2.75, 3.05) is 5.73 Å². The van der Waals surface area contributed by atoms with Gasteiger partial charge in [0.05, 0.1) is 10.4 Å². The first-order valence-corrected chi connectivity index (χ1v) is 11.6. The second-order valence-electron chi connectivity index (χ2n) is 7.70. The predicted octanol–water partition coefficient (Wildman–Crippen LogP) is 2.93. The second-order valence-corrected chi connectivity index (χ2v) is 9.51. The van der Waals surface area contributed by atoms with E-state index >= 15 is 0 Å². The van der Waals surface area contributed by atoms with E-state index in [1.807, 2.05) is 0 Å². The Balaban J connectivity index is 1.95. The van der Waals surface area contributed by atoms with Crippen LogP contribution in [-0.4, -0.2) is 24.2 Å². The Morgan fingerprint density at radius 2 is 1.74 bits per heavy atom. The first-order valence-electron chi connectivity index (χ1n) is 10.2. The Labute approximate surface area is 195 Å². The molecule has 0 aliphatic heterocycles. The minimum absolute atomic E-state index is 0.0418. The number of halogens is 1. The SMILES string of the molecule is CC(=O)NC(C(N)=O)c1cc(-c2cn(S(=O)(=O)c3ccccc3)c3cc(F)ccc23)ccc1N. The summed E-state index contributed by atoms with van der Waals surface area (Å²) in [6.45, 7) is 1.24. The molecule has 174 valence electrons. The van der Waals surface area contributed by atoms with E-state index in [0.29, 0.717) is 16.5 Å². The van der Waals surface area contributed by atoms with E-state index in [1.54, 1.807) is 30.3 Å². The summed E-state index contributed by atoms with van der Waals surface area (Å²) >= 11 is 0. The molecule has 8 nitrogen and oxygen atoms in total. The smallest absolute Gasteiger partial charge is 0.268 e. The van der Waals surface area contributed by atoms with Crippen LogP contribution >= 0.6 is 0 Å². The van der Waals surface area contributed by atoms with E-state index in [2.05, 4.69) is 5.32 Å². The number of rotatable bonds is 6. The maximum Gasteiger partial charge on any atom is 0.268 e. The second kappa shape index (κ2) is 8.64. The Morgan fingerprint density at radius 1 is 1.03 bits per heavy atom. The summed E-state index contributed by atoms with van der Waals surface area (Å²) < 4.78 is 41.9. The van der Waals surface area contributed by atoms with E-state index in [9.17, 15) is 22.4 Å². The highest BCUT2D eigenvalue weighted by Crippen LogP contribution is 2.36. The van der Waals surface area contributed by atoms with E-state index in [0.717, 1.165) is 10.0 Å². The van der Waals surface area contributed by atoms with Crippen LogP contribution in [0.15, 0.2) is 77.8 Å². The molecule has 0 spiro atoms. The number of nitrogens with one attached hydrogen (secondary N) is 1. The minimum atomic E-state index is -4.04. The number of hydrogen-bond acceptors (Lipinski definition) is 5. The molecule has 4 rings (SSSR count). The Kier molecular flexibility index (Phi) is 5.84. The fraction of sp³-hybridized carbons (Fsp3) is 0.0833. The molecule has 10 heteroatoms. The van der Waals surface area contributed by atoms with Gasteiger partial charge in [-0.25, -0.2) is 16.8 Å². The first-order chi connectivity index (χ1) is 16.1. The highest BCUT2D eigenvalue weighted by molar-refractivity contribution is 7.90. The van der Waals surface area contributed by atoms with Gasteiger partial charge in [-0.3, -0.25) is 9.59 Å². The van der Waals surface area contributed by atoms with E-state index in [4.69, 9.17) is 11.5 Å². The van der Waals surface area contributed by atoms with Gasteiger partial charge in [-0.1, -0.05) is 24.3 Å². The molecule has 4 aromatic rings. The topological polar surface area (TPSA) is 137 Å². The Hall–Kier alpha value is -4.18. The standard InChI is InChI=1S/C24H21FN4O4S/c1-14(30)28-23(24(27)31)19-11-15(7-10-21(19)26)20-13-29(22-12-16(25)8-9-18(20)22)34(32,33)17-5-3-2-4-6-17/h2-13,23H,26H2,1H3,(H2,27,31)(H,28,30). The summed E-state index contributed by atoms with van der Waals surface area (Å²) in [4.78, 5) is 23.6. The lowest BCUT2D eigenvalue weighted by Crippen LogP contribution is -2.36. The third-order valence-corrected chi connectivity index (χ3v) is 7.06. The lowest BCUT2D eigenvalue weighted by atomic mass is 9.97. The minimum Gasteiger partial charge on any atom is -0.398 e. The molecule has 34 heavy (non-hydrogen) atoms. The first kappa shape index (κ1) is 23.0. The molecule has 1 atom stereocenters. The van der Waals surface area contributed by atoms with Crippen LogP contribution in [0.5, 0.6) is 0 Å². The molecular formula is C24H21FN4O4S. The number of nitrogen functional groups attached to an aromatic ring is 1. The zero-order valence-electron chi connectivity index (χ0n) is 18.0. The van der Waals surface area contributed by atoms with Crippen LogP contribution in [0, 0.1) is 5.82 Å². The molecule has 0 radical (unpaired) electrons. The summed E-state index contributed by atoms with van der Waals surface area (Å²) in [5.41, 5.74) is 13.1. The van der Waals surface area contributed by atoms with Crippen molar-refractivity contribution >= 4 is 38.4 Å². The molecule has 3 aromatic carbocycles. The average Bonchev–Trinajstić information content (AvgIpc) is 3.18. The molecule has 0 fully saturated rings. The van der Waals surface area contributed by atoms with Crippen LogP contribution in [0.3, 0.4) is 0 Å². The summed E-state index contributed by atoms with van der Waals surface area (Å²) in [6, 6.07) is 15.2. The van der Waals surface area contributed by atoms with E-state index < -0.39 is 33.7 Å². The lowest BCUT2D eigenvalue weighted by molar-refractivity contribution is -0.126. The zero-order chi connectivity index (χ0) is 24.6. The van der Waals surface area contributed by atoms with Crippen molar-refractivity contribution in [1.29, 1.82) is 0 Å². The monoisotopic (exact) mass is 480 g/mol. The van der Waals surface area contributed by atoms with Crippen molar-refractivity contribution in [2.24, 2.45) is 5.73 Å². The van der Waals surface area contributed by atoms with Gasteiger partial charge in [-0.15, -0.1) is 0 Å². The van der Waals surface area contributed by atoms with Crippen LogP contribution in [0.4, 0.5) is 10.1 Å². The molecule has 0 aliphatic carbocycles. The Bertz CT molecular complexity index is 1530. The highest BCUT2D eigenvalue weighted by atomic mass is 32.2. The normalized spacial score (nSPS) is 12.4. The molecule has 1 aromatic heterocycles. The van der Waals surface area contributed by atoms with Gasteiger partial charge in [0.2, 0.25) is 11.8 Å². The van der Waals surface area contributed by atoms with Gasteiger partial charge in [0.15, 0.2) is 0 Å². The fourth-order valence-corrected chi connectivity index (χ4v) is 5.19. The average molecular weight is 481 g/mol. The van der Waals surface area contributed by atoms with Gasteiger partial charge in [-0.05, 0) is 48.0 Å². The van der Waals surface area contributed by atoms with Crippen LogP contribution in [0.2, 0.25) is 0 Å². The molecule has 1 unspecified atom stereocenters. The van der Waals surface area contributed by atoms with Gasteiger partial charge in [0.25, 0.3) is 10.0 Å².